The SMILES string of the molecule is Cc1ccc(CNC(=O)NC(CC(C)C)C(=O)N2CCC(C(=O)O)CC2)cc1. The second-order valence-electron chi connectivity index (χ2n) is 7.93. The molecular weight excluding hydrogens is 358 g/mol. The molecule has 1 fully saturated rings. The summed E-state index contributed by atoms with van der Waals surface area (Å²) in [5.41, 5.74) is 2.14. The number of carbonyl (C=O) groups is 3. The number of rotatable bonds is 7. The summed E-state index contributed by atoms with van der Waals surface area (Å²) in [6.45, 7) is 7.23. The lowest BCUT2D eigenvalue weighted by Crippen LogP contribution is -2.53. The Morgan fingerprint density at radius 2 is 1.75 bits per heavy atom. The Hall–Kier alpha value is -2.57. The molecule has 0 spiro atoms. The van der Waals surface area contributed by atoms with Gasteiger partial charge in [-0.1, -0.05) is 43.7 Å². The van der Waals surface area contributed by atoms with Gasteiger partial charge in [0, 0.05) is 19.6 Å². The molecule has 0 aliphatic carbocycles. The highest BCUT2D eigenvalue weighted by Crippen LogP contribution is 2.19. The molecular formula is C21H31N3O4. The van der Waals surface area contributed by atoms with E-state index in [-0.39, 0.29) is 17.9 Å². The van der Waals surface area contributed by atoms with E-state index >= 15 is 0 Å². The molecule has 0 bridgehead atoms. The summed E-state index contributed by atoms with van der Waals surface area (Å²) in [5, 5.41) is 14.7. The van der Waals surface area contributed by atoms with Crippen LogP contribution in [0.1, 0.15) is 44.2 Å². The second-order valence-corrected chi connectivity index (χ2v) is 7.93. The van der Waals surface area contributed by atoms with E-state index in [0.717, 1.165) is 11.1 Å². The van der Waals surface area contributed by atoms with Crippen LogP contribution in [-0.2, 0) is 16.1 Å². The summed E-state index contributed by atoms with van der Waals surface area (Å²) < 4.78 is 0. The van der Waals surface area contributed by atoms with Crippen LogP contribution in [0.15, 0.2) is 24.3 Å². The number of carbonyl (C=O) groups excluding carboxylic acids is 2. The molecule has 1 aromatic carbocycles. The fourth-order valence-corrected chi connectivity index (χ4v) is 3.36. The quantitative estimate of drug-likeness (QED) is 0.667. The molecule has 3 N–H and O–H groups in total. The Morgan fingerprint density at radius 1 is 1.14 bits per heavy atom. The zero-order valence-electron chi connectivity index (χ0n) is 16.9. The molecule has 1 heterocycles. The number of aliphatic carboxylic acids is 1. The third-order valence-electron chi connectivity index (χ3n) is 5.04. The van der Waals surface area contributed by atoms with Gasteiger partial charge in [-0.25, -0.2) is 4.79 Å². The molecule has 3 amide bonds. The molecule has 0 saturated carbocycles. The highest BCUT2D eigenvalue weighted by atomic mass is 16.4. The van der Waals surface area contributed by atoms with E-state index in [0.29, 0.717) is 38.9 Å². The monoisotopic (exact) mass is 389 g/mol. The van der Waals surface area contributed by atoms with Gasteiger partial charge >= 0.3 is 12.0 Å². The first kappa shape index (κ1) is 21.7. The number of nitrogens with zero attached hydrogens (tertiary/aromatic N) is 1. The Morgan fingerprint density at radius 3 is 2.29 bits per heavy atom. The van der Waals surface area contributed by atoms with E-state index in [2.05, 4.69) is 10.6 Å². The first-order chi connectivity index (χ1) is 13.3. The van der Waals surface area contributed by atoms with Crippen molar-refractivity contribution in [3.8, 4) is 0 Å². The van der Waals surface area contributed by atoms with Crippen molar-refractivity contribution in [1.82, 2.24) is 15.5 Å². The molecule has 1 unspecified atom stereocenters. The van der Waals surface area contributed by atoms with E-state index in [9.17, 15) is 14.4 Å². The van der Waals surface area contributed by atoms with Gasteiger partial charge in [0.25, 0.3) is 0 Å². The summed E-state index contributed by atoms with van der Waals surface area (Å²) in [6, 6.07) is 6.90. The first-order valence-electron chi connectivity index (χ1n) is 9.87. The fourth-order valence-electron chi connectivity index (χ4n) is 3.36. The number of likely N-dealkylation sites (tertiary alicyclic amines) is 1. The molecule has 1 aliphatic heterocycles. The Labute approximate surface area is 166 Å². The molecule has 1 saturated heterocycles. The fraction of sp³-hybridized carbons (Fsp3) is 0.571. The molecule has 7 heteroatoms. The standard InChI is InChI=1S/C21H31N3O4/c1-14(2)12-18(19(25)24-10-8-17(9-11-24)20(26)27)23-21(28)22-13-16-6-4-15(3)5-7-16/h4-7,14,17-18H,8-13H2,1-3H3,(H,26,27)(H2,22,23,28). The topological polar surface area (TPSA) is 98.7 Å². The van der Waals surface area contributed by atoms with Crippen LogP contribution >= 0.6 is 0 Å². The summed E-state index contributed by atoms with van der Waals surface area (Å²) in [5.74, 6) is -1.09. The lowest BCUT2D eigenvalue weighted by Gasteiger charge is -2.33. The lowest BCUT2D eigenvalue weighted by atomic mass is 9.95. The van der Waals surface area contributed by atoms with E-state index in [1.807, 2.05) is 45.0 Å². The van der Waals surface area contributed by atoms with Crippen LogP contribution in [0.2, 0.25) is 0 Å². The minimum absolute atomic E-state index is 0.136. The zero-order chi connectivity index (χ0) is 20.7. The molecule has 28 heavy (non-hydrogen) atoms. The average molecular weight is 389 g/mol. The number of nitrogens with one attached hydrogen (secondary N) is 2. The van der Waals surface area contributed by atoms with Crippen molar-refractivity contribution in [3.63, 3.8) is 0 Å². The van der Waals surface area contributed by atoms with Crippen molar-refractivity contribution in [2.75, 3.05) is 13.1 Å². The predicted octanol–water partition coefficient (Wildman–Crippen LogP) is 2.53. The molecule has 1 atom stereocenters. The Balaban J connectivity index is 1.90. The minimum Gasteiger partial charge on any atom is -0.481 e. The summed E-state index contributed by atoms with van der Waals surface area (Å²) in [7, 11) is 0. The highest BCUT2D eigenvalue weighted by molar-refractivity contribution is 5.87. The number of amides is 3. The molecule has 2 rings (SSSR count). The smallest absolute Gasteiger partial charge is 0.315 e. The molecule has 7 nitrogen and oxygen atoms in total. The normalized spacial score (nSPS) is 15.9. The van der Waals surface area contributed by atoms with Gasteiger partial charge < -0.3 is 20.6 Å². The van der Waals surface area contributed by atoms with Crippen LogP contribution in [0.25, 0.3) is 0 Å². The summed E-state index contributed by atoms with van der Waals surface area (Å²) in [4.78, 5) is 38.0. The van der Waals surface area contributed by atoms with Crippen molar-refractivity contribution < 1.29 is 19.5 Å². The molecule has 154 valence electrons. The van der Waals surface area contributed by atoms with Crippen LogP contribution in [0, 0.1) is 18.8 Å². The van der Waals surface area contributed by atoms with Gasteiger partial charge in [0.15, 0.2) is 0 Å². The van der Waals surface area contributed by atoms with E-state index in [1.165, 1.54) is 0 Å². The summed E-state index contributed by atoms with van der Waals surface area (Å²) in [6.07, 6.45) is 1.44. The van der Waals surface area contributed by atoms with Crippen molar-refractivity contribution in [2.24, 2.45) is 11.8 Å². The molecule has 0 aromatic heterocycles. The average Bonchev–Trinajstić information content (AvgIpc) is 2.66. The molecule has 1 aromatic rings. The van der Waals surface area contributed by atoms with Gasteiger partial charge in [0.05, 0.1) is 5.92 Å². The van der Waals surface area contributed by atoms with Crippen molar-refractivity contribution in [3.05, 3.63) is 35.4 Å². The second kappa shape index (κ2) is 10.1. The number of hydrogen-bond donors (Lipinski definition) is 3. The van der Waals surface area contributed by atoms with Crippen molar-refractivity contribution in [1.29, 1.82) is 0 Å². The van der Waals surface area contributed by atoms with Crippen LogP contribution in [-0.4, -0.2) is 47.0 Å². The Bertz CT molecular complexity index is 679. The largest absolute Gasteiger partial charge is 0.481 e. The predicted molar refractivity (Wildman–Crippen MR) is 107 cm³/mol. The number of carboxylic acid groups (broad SMARTS) is 1. The van der Waals surface area contributed by atoms with Gasteiger partial charge in [0.2, 0.25) is 5.91 Å². The lowest BCUT2D eigenvalue weighted by molar-refractivity contribution is -0.146. The van der Waals surface area contributed by atoms with Crippen molar-refractivity contribution in [2.45, 2.75) is 52.6 Å². The number of urea groups is 1. The van der Waals surface area contributed by atoms with E-state index in [4.69, 9.17) is 5.11 Å². The third kappa shape index (κ3) is 6.55. The van der Waals surface area contributed by atoms with Crippen LogP contribution in [0.3, 0.4) is 0 Å². The van der Waals surface area contributed by atoms with Gasteiger partial charge in [-0.05, 0) is 37.7 Å². The maximum Gasteiger partial charge on any atom is 0.315 e. The van der Waals surface area contributed by atoms with Gasteiger partial charge in [-0.15, -0.1) is 0 Å². The number of hydrogen-bond acceptors (Lipinski definition) is 3. The molecule has 1 aliphatic rings. The number of carboxylic acids is 1. The van der Waals surface area contributed by atoms with Crippen LogP contribution in [0.4, 0.5) is 4.79 Å². The maximum absolute atomic E-state index is 12.9. The number of aryl methyl sites for hydroxylation is 1. The third-order valence-corrected chi connectivity index (χ3v) is 5.04. The first-order valence-corrected chi connectivity index (χ1v) is 9.87. The van der Waals surface area contributed by atoms with Gasteiger partial charge in [-0.2, -0.15) is 0 Å². The van der Waals surface area contributed by atoms with Gasteiger partial charge in [0.1, 0.15) is 6.04 Å². The van der Waals surface area contributed by atoms with Crippen LogP contribution < -0.4 is 10.6 Å². The van der Waals surface area contributed by atoms with E-state index < -0.39 is 17.9 Å². The van der Waals surface area contributed by atoms with Crippen LogP contribution in [0.5, 0.6) is 0 Å². The molecule has 0 radical (unpaired) electrons. The Kier molecular flexibility index (Phi) is 7.84. The van der Waals surface area contributed by atoms with Crippen molar-refractivity contribution >= 4 is 17.9 Å². The number of piperidine rings is 1. The minimum atomic E-state index is -0.806. The van der Waals surface area contributed by atoms with E-state index in [1.54, 1.807) is 4.90 Å². The van der Waals surface area contributed by atoms with Gasteiger partial charge in [-0.3, -0.25) is 9.59 Å². The highest BCUT2D eigenvalue weighted by Gasteiger charge is 2.31. The zero-order valence-corrected chi connectivity index (χ0v) is 16.9. The maximum atomic E-state index is 12.9. The summed E-state index contributed by atoms with van der Waals surface area (Å²) >= 11 is 0. The number of benzene rings is 1.